The van der Waals surface area contributed by atoms with Crippen molar-refractivity contribution < 1.29 is 4.79 Å². The quantitative estimate of drug-likeness (QED) is 0.683. The molecule has 4 rings (SSSR count). The zero-order chi connectivity index (χ0) is 19.5. The molecule has 0 saturated carbocycles. The first kappa shape index (κ1) is 18.9. The number of piperidine rings is 1. The molecule has 3 aromatic rings. The average Bonchev–Trinajstić information content (AvgIpc) is 3.17. The van der Waals surface area contributed by atoms with Crippen LogP contribution in [0.3, 0.4) is 0 Å². The van der Waals surface area contributed by atoms with Gasteiger partial charge in [-0.15, -0.1) is 11.3 Å². The van der Waals surface area contributed by atoms with E-state index >= 15 is 0 Å². The fourth-order valence-electron chi connectivity index (χ4n) is 3.79. The van der Waals surface area contributed by atoms with Gasteiger partial charge in [-0.2, -0.15) is 0 Å². The van der Waals surface area contributed by atoms with E-state index in [0.29, 0.717) is 0 Å². The number of rotatable bonds is 5. The first-order valence-electron chi connectivity index (χ1n) is 10.1. The summed E-state index contributed by atoms with van der Waals surface area (Å²) < 4.78 is 0. The molecule has 1 fully saturated rings. The summed E-state index contributed by atoms with van der Waals surface area (Å²) in [5, 5.41) is 4.24. The van der Waals surface area contributed by atoms with Crippen LogP contribution in [0.1, 0.15) is 37.1 Å². The Morgan fingerprint density at radius 1 is 1.18 bits per heavy atom. The fraction of sp³-hybridized carbons (Fsp3) is 0.409. The van der Waals surface area contributed by atoms with Gasteiger partial charge in [0, 0.05) is 29.6 Å². The number of carbonyl (C=O) groups excluding carboxylic acids is 1. The van der Waals surface area contributed by atoms with Gasteiger partial charge in [-0.1, -0.05) is 26.0 Å². The van der Waals surface area contributed by atoms with E-state index in [0.717, 1.165) is 60.5 Å². The largest absolute Gasteiger partial charge is 0.356 e. The molecule has 1 N–H and O–H groups in total. The smallest absolute Gasteiger partial charge is 0.227 e. The molecule has 1 saturated heterocycles. The maximum absolute atomic E-state index is 12.7. The van der Waals surface area contributed by atoms with E-state index in [2.05, 4.69) is 52.2 Å². The molecular formula is C22H26N4OS. The fourth-order valence-corrected chi connectivity index (χ4v) is 4.72. The van der Waals surface area contributed by atoms with Crippen molar-refractivity contribution in [3.05, 3.63) is 47.1 Å². The second-order valence-electron chi connectivity index (χ2n) is 7.29. The predicted octanol–water partition coefficient (Wildman–Crippen LogP) is 4.67. The number of aryl methyl sites for hydroxylation is 2. The second kappa shape index (κ2) is 8.27. The number of aromatic nitrogens is 2. The van der Waals surface area contributed by atoms with Crippen LogP contribution in [0.5, 0.6) is 0 Å². The molecule has 3 heterocycles. The maximum Gasteiger partial charge on any atom is 0.227 e. The molecule has 1 aliphatic heterocycles. The Labute approximate surface area is 169 Å². The lowest BCUT2D eigenvalue weighted by molar-refractivity contribution is -0.120. The van der Waals surface area contributed by atoms with Gasteiger partial charge in [0.2, 0.25) is 5.91 Å². The van der Waals surface area contributed by atoms with Crippen molar-refractivity contribution in [1.82, 2.24) is 9.97 Å². The van der Waals surface area contributed by atoms with E-state index in [4.69, 9.17) is 0 Å². The molecule has 0 unspecified atom stereocenters. The standard InChI is InChI=1S/C22H26N4OS/c1-3-15-6-5-7-17(12-15)25-21(27)16-8-10-26(11-9-16)20-19-13-18(4-2)28-22(19)24-14-23-20/h5-7,12-14,16H,3-4,8-11H2,1-2H3,(H,25,27). The van der Waals surface area contributed by atoms with Crippen LogP contribution in [0, 0.1) is 5.92 Å². The van der Waals surface area contributed by atoms with Crippen molar-refractivity contribution in [2.45, 2.75) is 39.5 Å². The van der Waals surface area contributed by atoms with E-state index in [-0.39, 0.29) is 11.8 Å². The molecular weight excluding hydrogens is 368 g/mol. The number of hydrogen-bond acceptors (Lipinski definition) is 5. The molecule has 5 nitrogen and oxygen atoms in total. The van der Waals surface area contributed by atoms with Gasteiger partial charge in [0.05, 0.1) is 5.39 Å². The molecule has 0 aliphatic carbocycles. The first-order valence-corrected chi connectivity index (χ1v) is 10.9. The number of benzene rings is 1. The second-order valence-corrected chi connectivity index (χ2v) is 8.40. The van der Waals surface area contributed by atoms with E-state index in [9.17, 15) is 4.79 Å². The van der Waals surface area contributed by atoms with Gasteiger partial charge in [-0.05, 0) is 49.4 Å². The minimum absolute atomic E-state index is 0.0486. The van der Waals surface area contributed by atoms with Crippen molar-refractivity contribution in [3.8, 4) is 0 Å². The number of thiophene rings is 1. The van der Waals surface area contributed by atoms with Gasteiger partial charge in [0.1, 0.15) is 17.0 Å². The van der Waals surface area contributed by atoms with Crippen LogP contribution in [0.25, 0.3) is 10.2 Å². The lowest BCUT2D eigenvalue weighted by atomic mass is 9.95. The van der Waals surface area contributed by atoms with Crippen molar-refractivity contribution >= 4 is 39.0 Å². The maximum atomic E-state index is 12.7. The number of nitrogens with one attached hydrogen (secondary N) is 1. The molecule has 1 amide bonds. The molecule has 1 aromatic carbocycles. The molecule has 6 heteroatoms. The van der Waals surface area contributed by atoms with E-state index < -0.39 is 0 Å². The van der Waals surface area contributed by atoms with Crippen molar-refractivity contribution in [2.24, 2.45) is 5.92 Å². The van der Waals surface area contributed by atoms with Gasteiger partial charge in [-0.3, -0.25) is 4.79 Å². The van der Waals surface area contributed by atoms with Gasteiger partial charge >= 0.3 is 0 Å². The van der Waals surface area contributed by atoms with E-state index in [1.807, 2.05) is 12.1 Å². The lowest BCUT2D eigenvalue weighted by Gasteiger charge is -2.32. The Morgan fingerprint density at radius 3 is 2.75 bits per heavy atom. The summed E-state index contributed by atoms with van der Waals surface area (Å²) in [5.41, 5.74) is 2.14. The highest BCUT2D eigenvalue weighted by Gasteiger charge is 2.27. The third-order valence-electron chi connectivity index (χ3n) is 5.48. The number of nitrogens with zero attached hydrogens (tertiary/aromatic N) is 3. The summed E-state index contributed by atoms with van der Waals surface area (Å²) in [6.07, 6.45) is 5.33. The minimum Gasteiger partial charge on any atom is -0.356 e. The molecule has 0 bridgehead atoms. The van der Waals surface area contributed by atoms with Crippen LogP contribution in [0.4, 0.5) is 11.5 Å². The van der Waals surface area contributed by atoms with E-state index in [1.54, 1.807) is 17.7 Å². The van der Waals surface area contributed by atoms with Gasteiger partial charge < -0.3 is 10.2 Å². The summed E-state index contributed by atoms with van der Waals surface area (Å²) in [5.74, 6) is 1.19. The van der Waals surface area contributed by atoms with Crippen molar-refractivity contribution in [2.75, 3.05) is 23.3 Å². The van der Waals surface area contributed by atoms with Crippen LogP contribution >= 0.6 is 11.3 Å². The summed E-state index contributed by atoms with van der Waals surface area (Å²) in [4.78, 5) is 26.4. The molecule has 0 atom stereocenters. The Balaban J connectivity index is 1.42. The minimum atomic E-state index is 0.0486. The topological polar surface area (TPSA) is 58.1 Å². The van der Waals surface area contributed by atoms with Crippen LogP contribution in [-0.2, 0) is 17.6 Å². The highest BCUT2D eigenvalue weighted by molar-refractivity contribution is 7.18. The van der Waals surface area contributed by atoms with Gasteiger partial charge in [0.25, 0.3) is 0 Å². The molecule has 2 aromatic heterocycles. The highest BCUT2D eigenvalue weighted by Crippen LogP contribution is 2.32. The predicted molar refractivity (Wildman–Crippen MR) is 116 cm³/mol. The van der Waals surface area contributed by atoms with Crippen LogP contribution in [-0.4, -0.2) is 29.0 Å². The molecule has 0 spiro atoms. The Kier molecular flexibility index (Phi) is 5.57. The summed E-state index contributed by atoms with van der Waals surface area (Å²) in [6, 6.07) is 10.3. The van der Waals surface area contributed by atoms with E-state index in [1.165, 1.54) is 10.4 Å². The third-order valence-corrected chi connectivity index (χ3v) is 6.66. The Hall–Kier alpha value is -2.47. The third kappa shape index (κ3) is 3.87. The van der Waals surface area contributed by atoms with Crippen LogP contribution in [0.15, 0.2) is 36.7 Å². The Bertz CT molecular complexity index is 976. The molecule has 146 valence electrons. The zero-order valence-corrected chi connectivity index (χ0v) is 17.3. The summed E-state index contributed by atoms with van der Waals surface area (Å²) >= 11 is 1.74. The zero-order valence-electron chi connectivity index (χ0n) is 16.4. The average molecular weight is 395 g/mol. The number of anilines is 2. The number of amides is 1. The SMILES string of the molecule is CCc1cccc(NC(=O)C2CCN(c3ncnc4sc(CC)cc34)CC2)c1. The number of hydrogen-bond donors (Lipinski definition) is 1. The van der Waals surface area contributed by atoms with Gasteiger partial charge in [-0.25, -0.2) is 9.97 Å². The van der Waals surface area contributed by atoms with Crippen LogP contribution in [0.2, 0.25) is 0 Å². The Morgan fingerprint density at radius 2 is 2.00 bits per heavy atom. The van der Waals surface area contributed by atoms with Crippen LogP contribution < -0.4 is 10.2 Å². The normalized spacial score (nSPS) is 15.1. The van der Waals surface area contributed by atoms with Crippen molar-refractivity contribution in [1.29, 1.82) is 0 Å². The van der Waals surface area contributed by atoms with Crippen molar-refractivity contribution in [3.63, 3.8) is 0 Å². The number of fused-ring (bicyclic) bond motifs is 1. The lowest BCUT2D eigenvalue weighted by Crippen LogP contribution is -2.38. The number of carbonyl (C=O) groups is 1. The summed E-state index contributed by atoms with van der Waals surface area (Å²) in [7, 11) is 0. The highest BCUT2D eigenvalue weighted by atomic mass is 32.1. The summed E-state index contributed by atoms with van der Waals surface area (Å²) in [6.45, 7) is 5.98. The molecule has 28 heavy (non-hydrogen) atoms. The van der Waals surface area contributed by atoms with Gasteiger partial charge in [0.15, 0.2) is 0 Å². The molecule has 0 radical (unpaired) electrons. The molecule has 1 aliphatic rings. The first-order chi connectivity index (χ1) is 13.7. The monoisotopic (exact) mass is 394 g/mol.